The van der Waals surface area contributed by atoms with Crippen molar-refractivity contribution in [2.45, 2.75) is 109 Å². The molecule has 0 spiro atoms. The van der Waals surface area contributed by atoms with Gasteiger partial charge in [0, 0.05) is 6.42 Å². The van der Waals surface area contributed by atoms with E-state index < -0.39 is 14.2 Å². The van der Waals surface area contributed by atoms with Gasteiger partial charge >= 0.3 is 8.17 Å². The summed E-state index contributed by atoms with van der Waals surface area (Å²) in [5, 5.41) is 2.90. The van der Waals surface area contributed by atoms with Crippen molar-refractivity contribution in [3.63, 3.8) is 0 Å². The molecule has 0 radical (unpaired) electrons. The Morgan fingerprint density at radius 3 is 2.03 bits per heavy atom. The highest BCUT2D eigenvalue weighted by molar-refractivity contribution is 7.53. The predicted octanol–water partition coefficient (Wildman–Crippen LogP) is 6.42. The van der Waals surface area contributed by atoms with E-state index >= 15 is 0 Å². The Morgan fingerprint density at radius 1 is 0.882 bits per heavy atom. The third-order valence-electron chi connectivity index (χ3n) is 5.80. The minimum atomic E-state index is -4.33. The molecule has 34 heavy (non-hydrogen) atoms. The summed E-state index contributed by atoms with van der Waals surface area (Å²) in [5.41, 5.74) is 0.996. The number of unbranched alkanes of at least 4 members (excludes halogenated alkanes) is 11. The molecule has 1 atom stereocenters. The summed E-state index contributed by atoms with van der Waals surface area (Å²) in [6, 6.07) is 9.14. The highest BCUT2D eigenvalue weighted by atomic mass is 31.2. The third kappa shape index (κ3) is 19.1. The van der Waals surface area contributed by atoms with Crippen LogP contribution in [0.15, 0.2) is 42.5 Å². The molecule has 0 bridgehead atoms. The Kier molecular flexibility index (Phi) is 18.0. The number of hydrogen-bond donors (Lipinski definition) is 4. The van der Waals surface area contributed by atoms with Gasteiger partial charge in [-0.3, -0.25) is 4.79 Å². The average Bonchev–Trinajstić information content (AvgIpc) is 2.80. The first-order valence-electron chi connectivity index (χ1n) is 13.1. The largest absolute Gasteiger partial charge is 0.567 e. The summed E-state index contributed by atoms with van der Waals surface area (Å²) in [4.78, 5) is 39.7. The van der Waals surface area contributed by atoms with Crippen molar-refractivity contribution in [3.8, 4) is 0 Å². The maximum Gasteiger partial charge on any atom is 0.567 e. The van der Waals surface area contributed by atoms with Gasteiger partial charge < -0.3 is 5.32 Å². The van der Waals surface area contributed by atoms with Crippen LogP contribution in [-0.4, -0.2) is 33.2 Å². The van der Waals surface area contributed by atoms with Gasteiger partial charge in [-0.1, -0.05) is 101 Å². The van der Waals surface area contributed by atoms with Crippen LogP contribution in [0.3, 0.4) is 0 Å². The van der Waals surface area contributed by atoms with Crippen LogP contribution < -0.4 is 5.32 Å². The van der Waals surface area contributed by atoms with Crippen LogP contribution in [0.4, 0.5) is 0 Å². The molecule has 0 unspecified atom stereocenters. The highest BCUT2D eigenvalue weighted by Gasteiger charge is 2.34. The number of benzene rings is 1. The Morgan fingerprint density at radius 2 is 1.44 bits per heavy atom. The van der Waals surface area contributed by atoms with Gasteiger partial charge in [0.1, 0.15) is 6.61 Å². The Bertz CT molecular complexity index is 648. The molecule has 1 aromatic carbocycles. The van der Waals surface area contributed by atoms with Crippen molar-refractivity contribution >= 4 is 14.1 Å². The van der Waals surface area contributed by atoms with Crippen LogP contribution in [0.5, 0.6) is 0 Å². The molecule has 0 aliphatic heterocycles. The van der Waals surface area contributed by atoms with E-state index in [2.05, 4.69) is 24.4 Å². The van der Waals surface area contributed by atoms with E-state index in [1.807, 2.05) is 30.3 Å². The van der Waals surface area contributed by atoms with E-state index in [0.717, 1.165) is 31.2 Å². The predicted molar refractivity (Wildman–Crippen MR) is 141 cm³/mol. The van der Waals surface area contributed by atoms with Crippen molar-refractivity contribution in [1.29, 1.82) is 0 Å². The fourth-order valence-corrected chi connectivity index (χ4v) is 4.28. The Labute approximate surface area is 207 Å². The Hall–Kier alpha value is -1.30. The molecule has 0 aliphatic rings. The first-order valence-corrected chi connectivity index (χ1v) is 14.7. The lowest BCUT2D eigenvalue weighted by molar-refractivity contribution is -0.122. The van der Waals surface area contributed by atoms with Gasteiger partial charge in [0.25, 0.3) is 0 Å². The zero-order valence-corrected chi connectivity index (χ0v) is 21.9. The van der Waals surface area contributed by atoms with E-state index in [-0.39, 0.29) is 12.5 Å². The molecule has 6 nitrogen and oxygen atoms in total. The number of nitrogens with one attached hydrogen (secondary N) is 1. The van der Waals surface area contributed by atoms with E-state index in [9.17, 15) is 4.79 Å². The molecule has 1 rings (SSSR count). The van der Waals surface area contributed by atoms with E-state index in [4.69, 9.17) is 19.2 Å². The van der Waals surface area contributed by atoms with Crippen molar-refractivity contribution in [3.05, 3.63) is 48.0 Å². The third-order valence-corrected chi connectivity index (χ3v) is 6.30. The number of amides is 1. The lowest BCUT2D eigenvalue weighted by Gasteiger charge is -2.18. The lowest BCUT2D eigenvalue weighted by Crippen LogP contribution is -2.39. The summed E-state index contributed by atoms with van der Waals surface area (Å²) in [6.45, 7) is 2.09. The molecule has 7 heteroatoms. The minimum Gasteiger partial charge on any atom is -0.351 e. The smallest absolute Gasteiger partial charge is 0.351 e. The van der Waals surface area contributed by atoms with Crippen molar-refractivity contribution in [1.82, 2.24) is 5.32 Å². The molecule has 194 valence electrons. The molecule has 1 aromatic rings. The van der Waals surface area contributed by atoms with Crippen LogP contribution in [0.25, 0.3) is 0 Å². The van der Waals surface area contributed by atoms with Crippen LogP contribution in [-0.2, 0) is 15.7 Å². The number of rotatable bonds is 21. The van der Waals surface area contributed by atoms with Crippen molar-refractivity contribution in [2.75, 3.05) is 6.61 Å². The molecule has 0 saturated heterocycles. The fourth-order valence-electron chi connectivity index (χ4n) is 3.90. The van der Waals surface area contributed by atoms with Crippen molar-refractivity contribution in [2.24, 2.45) is 0 Å². The second-order valence-electron chi connectivity index (χ2n) is 9.10. The van der Waals surface area contributed by atoms with Gasteiger partial charge in [-0.05, 0) is 44.1 Å². The first kappa shape index (κ1) is 30.7. The van der Waals surface area contributed by atoms with Crippen molar-refractivity contribution < 1.29 is 24.0 Å². The summed E-state index contributed by atoms with van der Waals surface area (Å²) < 4.78 is 4.75. The number of hydrogen-bond acceptors (Lipinski definition) is 5. The quantitative estimate of drug-likeness (QED) is 0.0894. The summed E-state index contributed by atoms with van der Waals surface area (Å²) in [6.07, 6.45) is 21.3. The standard InChI is InChI=1S/C27H46NO5P/c1-2-3-4-5-6-7-8-9-10-11-12-13-14-15-19-22-27(29)28-26(24-33-34(30,31)32)23-25-20-17-16-18-21-25/h9-10,16-18,20-21,26,30-32H,2-8,11-15,19,22-24H2,1H3/p+1/b10-9-/t26-/m1/s1. The highest BCUT2D eigenvalue weighted by Crippen LogP contribution is 2.45. The zero-order chi connectivity index (χ0) is 24.9. The number of carbonyl (C=O) groups excluding carboxylic acids is 1. The number of allylic oxidation sites excluding steroid dienone is 2. The van der Waals surface area contributed by atoms with Gasteiger partial charge in [-0.2, -0.15) is 19.2 Å². The van der Waals surface area contributed by atoms with E-state index in [1.165, 1.54) is 57.8 Å². The first-order chi connectivity index (χ1) is 16.4. The molecule has 0 heterocycles. The molecular formula is C27H47NO5P+. The Balaban J connectivity index is 2.11. The molecule has 0 aromatic heterocycles. The summed E-state index contributed by atoms with van der Waals surface area (Å²) in [7, 11) is -4.33. The topological polar surface area (TPSA) is 99.0 Å². The van der Waals surface area contributed by atoms with Gasteiger partial charge in [-0.15, -0.1) is 0 Å². The maximum atomic E-state index is 12.3. The number of carbonyl (C=O) groups is 1. The zero-order valence-electron chi connectivity index (χ0n) is 21.0. The van der Waals surface area contributed by atoms with Crippen LogP contribution in [0.1, 0.15) is 102 Å². The van der Waals surface area contributed by atoms with E-state index in [1.54, 1.807) is 0 Å². The maximum absolute atomic E-state index is 12.3. The SMILES string of the molecule is CCCCCCCC/C=C\CCCCCCCC(=O)N[C@@H](CO[P+](O)(O)O)Cc1ccccc1. The minimum absolute atomic E-state index is 0.0834. The second-order valence-corrected chi connectivity index (χ2v) is 10.4. The monoisotopic (exact) mass is 496 g/mol. The molecule has 1 amide bonds. The van der Waals surface area contributed by atoms with Crippen LogP contribution in [0.2, 0.25) is 0 Å². The molecule has 0 aliphatic carbocycles. The van der Waals surface area contributed by atoms with Gasteiger partial charge in [0.2, 0.25) is 5.91 Å². The lowest BCUT2D eigenvalue weighted by atomic mass is 10.1. The normalized spacial score (nSPS) is 12.8. The molecule has 0 saturated carbocycles. The summed E-state index contributed by atoms with van der Waals surface area (Å²) >= 11 is 0. The van der Waals surface area contributed by atoms with Gasteiger partial charge in [-0.25, -0.2) is 0 Å². The van der Waals surface area contributed by atoms with Gasteiger partial charge in [0.05, 0.1) is 6.04 Å². The van der Waals surface area contributed by atoms with E-state index in [0.29, 0.717) is 12.8 Å². The average molecular weight is 497 g/mol. The van der Waals surface area contributed by atoms with Crippen LogP contribution in [0, 0.1) is 0 Å². The summed E-state index contributed by atoms with van der Waals surface area (Å²) in [5.74, 6) is -0.0834. The fraction of sp³-hybridized carbons (Fsp3) is 0.667. The second kappa shape index (κ2) is 19.9. The molecule has 0 fully saturated rings. The molecule has 4 N–H and O–H groups in total. The molecular weight excluding hydrogens is 449 g/mol. The van der Waals surface area contributed by atoms with Gasteiger partial charge in [0.15, 0.2) is 0 Å². The van der Waals surface area contributed by atoms with Crippen LogP contribution >= 0.6 is 8.17 Å².